The minimum atomic E-state index is -4.06. The number of ether oxygens (including phenoxy) is 2. The molecule has 0 saturated heterocycles. The highest BCUT2D eigenvalue weighted by atomic mass is 32.2. The maximum Gasteiger partial charge on any atom is 0.337 e. The molecule has 1 N–H and O–H groups in total. The fourth-order valence-corrected chi connectivity index (χ4v) is 9.56. The van der Waals surface area contributed by atoms with Crippen molar-refractivity contribution in [1.82, 2.24) is 4.31 Å². The first-order chi connectivity index (χ1) is 25.1. The Morgan fingerprint density at radius 2 is 1.56 bits per heavy atom. The third kappa shape index (κ3) is 8.68. The Labute approximate surface area is 308 Å². The summed E-state index contributed by atoms with van der Waals surface area (Å²) in [4.78, 5) is 53.3. The predicted molar refractivity (Wildman–Crippen MR) is 199 cm³/mol. The van der Waals surface area contributed by atoms with Crippen LogP contribution in [-0.4, -0.2) is 62.7 Å². The third-order valence-electron chi connectivity index (χ3n) is 9.39. The normalized spacial score (nSPS) is 14.1. The SMILES string of the molecule is CCOC(=O)CN(C1CC1)S(=O)(=O)c1cccc(C(=O)Cc2sc3c(c2C(=O)Nc2ccc(CCc4ccc(C(=O)OC)cc4)cc2)CCCC3)c1. The third-order valence-corrected chi connectivity index (χ3v) is 12.6. The molecule has 0 radical (unpaired) electrons. The summed E-state index contributed by atoms with van der Waals surface area (Å²) < 4.78 is 38.2. The van der Waals surface area contributed by atoms with Crippen molar-refractivity contribution >= 4 is 50.7 Å². The Morgan fingerprint density at radius 3 is 2.21 bits per heavy atom. The zero-order valence-corrected chi connectivity index (χ0v) is 30.9. The van der Waals surface area contributed by atoms with Gasteiger partial charge in [0.15, 0.2) is 5.78 Å². The van der Waals surface area contributed by atoms with Crippen LogP contribution in [0.1, 0.15) is 90.1 Å². The summed E-state index contributed by atoms with van der Waals surface area (Å²) >= 11 is 1.49. The van der Waals surface area contributed by atoms with Crippen LogP contribution in [0.15, 0.2) is 77.7 Å². The van der Waals surface area contributed by atoms with Gasteiger partial charge in [0.25, 0.3) is 5.91 Å². The summed E-state index contributed by atoms with van der Waals surface area (Å²) in [6.45, 7) is 1.44. The van der Waals surface area contributed by atoms with E-state index < -0.39 is 16.0 Å². The van der Waals surface area contributed by atoms with Gasteiger partial charge in [-0.1, -0.05) is 36.4 Å². The summed E-state index contributed by atoms with van der Waals surface area (Å²) in [5.41, 5.74) is 5.09. The Balaban J connectivity index is 1.15. The first-order valence-electron chi connectivity index (χ1n) is 17.6. The van der Waals surface area contributed by atoms with Crippen LogP contribution in [0.4, 0.5) is 5.69 Å². The van der Waals surface area contributed by atoms with Crippen LogP contribution >= 0.6 is 11.3 Å². The molecule has 0 unspecified atom stereocenters. The molecule has 0 bridgehead atoms. The zero-order chi connectivity index (χ0) is 36.8. The number of sulfonamides is 1. The molecule has 6 rings (SSSR count). The molecular formula is C40H42N2O8S2. The molecule has 4 aromatic rings. The number of amides is 1. The summed E-state index contributed by atoms with van der Waals surface area (Å²) in [7, 11) is -2.70. The van der Waals surface area contributed by atoms with Crippen molar-refractivity contribution < 1.29 is 37.1 Å². The lowest BCUT2D eigenvalue weighted by Crippen LogP contribution is -2.38. The fraction of sp³-hybridized carbons (Fsp3) is 0.350. The Kier molecular flexibility index (Phi) is 11.7. The molecule has 1 aromatic heterocycles. The van der Waals surface area contributed by atoms with E-state index in [1.165, 1.54) is 41.0 Å². The van der Waals surface area contributed by atoms with Gasteiger partial charge in [-0.3, -0.25) is 14.4 Å². The van der Waals surface area contributed by atoms with E-state index in [1.807, 2.05) is 36.4 Å². The number of aryl methyl sites for hydroxylation is 3. The molecule has 1 fully saturated rings. The number of ketones is 1. The molecular weight excluding hydrogens is 701 g/mol. The molecule has 1 saturated carbocycles. The number of carbonyl (C=O) groups is 4. The van der Waals surface area contributed by atoms with Crippen LogP contribution in [0.3, 0.4) is 0 Å². The number of hydrogen-bond donors (Lipinski definition) is 1. The molecule has 0 aliphatic heterocycles. The van der Waals surface area contributed by atoms with E-state index in [0.717, 1.165) is 60.1 Å². The van der Waals surface area contributed by atoms with Crippen LogP contribution in [0.5, 0.6) is 0 Å². The quantitative estimate of drug-likeness (QED) is 0.106. The van der Waals surface area contributed by atoms with Crippen LogP contribution in [0.25, 0.3) is 0 Å². The number of anilines is 1. The highest BCUT2D eigenvalue weighted by Gasteiger charge is 2.40. The van der Waals surface area contributed by atoms with Gasteiger partial charge < -0.3 is 14.8 Å². The second kappa shape index (κ2) is 16.4. The number of methoxy groups -OCH3 is 1. The fourth-order valence-electron chi connectivity index (χ4n) is 6.49. The monoisotopic (exact) mass is 742 g/mol. The maximum absolute atomic E-state index is 13.9. The second-order valence-electron chi connectivity index (χ2n) is 13.1. The van der Waals surface area contributed by atoms with Gasteiger partial charge in [-0.2, -0.15) is 4.31 Å². The van der Waals surface area contributed by atoms with E-state index in [9.17, 15) is 27.6 Å². The molecule has 2 aliphatic carbocycles. The smallest absolute Gasteiger partial charge is 0.337 e. The number of Topliss-reactive ketones (excluding diaryl/α,β-unsaturated/α-hetero) is 1. The minimum Gasteiger partial charge on any atom is -0.465 e. The number of carbonyl (C=O) groups excluding carboxylic acids is 4. The van der Waals surface area contributed by atoms with Crippen LogP contribution in [-0.2, 0) is 56.4 Å². The first kappa shape index (κ1) is 37.1. The van der Waals surface area contributed by atoms with Gasteiger partial charge >= 0.3 is 11.9 Å². The number of fused-ring (bicyclic) bond motifs is 1. The number of esters is 2. The van der Waals surface area contributed by atoms with Gasteiger partial charge in [-0.25, -0.2) is 13.2 Å². The van der Waals surface area contributed by atoms with E-state index in [-0.39, 0.29) is 53.7 Å². The van der Waals surface area contributed by atoms with E-state index in [4.69, 9.17) is 9.47 Å². The molecule has 10 nitrogen and oxygen atoms in total. The van der Waals surface area contributed by atoms with Crippen molar-refractivity contribution in [3.05, 3.63) is 116 Å². The van der Waals surface area contributed by atoms with Crippen molar-refractivity contribution in [1.29, 1.82) is 0 Å². The lowest BCUT2D eigenvalue weighted by molar-refractivity contribution is -0.143. The van der Waals surface area contributed by atoms with Crippen LogP contribution in [0.2, 0.25) is 0 Å². The Hall–Kier alpha value is -4.65. The predicted octanol–water partition coefficient (Wildman–Crippen LogP) is 6.59. The summed E-state index contributed by atoms with van der Waals surface area (Å²) in [6, 6.07) is 20.7. The van der Waals surface area contributed by atoms with Crippen molar-refractivity contribution in [2.24, 2.45) is 0 Å². The van der Waals surface area contributed by atoms with Crippen molar-refractivity contribution in [2.75, 3.05) is 25.6 Å². The second-order valence-corrected chi connectivity index (χ2v) is 16.1. The number of thiophene rings is 1. The van der Waals surface area contributed by atoms with Gasteiger partial charge in [0.2, 0.25) is 10.0 Å². The van der Waals surface area contributed by atoms with Crippen molar-refractivity contribution in [2.45, 2.75) is 75.6 Å². The lowest BCUT2D eigenvalue weighted by atomic mass is 9.93. The van der Waals surface area contributed by atoms with Gasteiger partial charge in [-0.15, -0.1) is 11.3 Å². The molecule has 1 heterocycles. The van der Waals surface area contributed by atoms with Crippen LogP contribution in [0, 0.1) is 0 Å². The van der Waals surface area contributed by atoms with E-state index in [0.29, 0.717) is 34.5 Å². The van der Waals surface area contributed by atoms with Gasteiger partial charge in [-0.05, 0) is 111 Å². The number of hydrogen-bond acceptors (Lipinski definition) is 9. The van der Waals surface area contributed by atoms with E-state index in [2.05, 4.69) is 5.32 Å². The number of rotatable bonds is 15. The van der Waals surface area contributed by atoms with E-state index >= 15 is 0 Å². The average molecular weight is 743 g/mol. The highest BCUT2D eigenvalue weighted by Crippen LogP contribution is 2.36. The number of nitrogens with zero attached hydrogens (tertiary/aromatic N) is 1. The van der Waals surface area contributed by atoms with Gasteiger partial charge in [0.1, 0.15) is 6.54 Å². The topological polar surface area (TPSA) is 136 Å². The largest absolute Gasteiger partial charge is 0.465 e. The van der Waals surface area contributed by atoms with Crippen molar-refractivity contribution in [3.63, 3.8) is 0 Å². The lowest BCUT2D eigenvalue weighted by Gasteiger charge is -2.21. The molecule has 12 heteroatoms. The molecule has 0 atom stereocenters. The maximum atomic E-state index is 13.9. The van der Waals surface area contributed by atoms with E-state index in [1.54, 1.807) is 25.1 Å². The zero-order valence-electron chi connectivity index (χ0n) is 29.3. The Bertz CT molecular complexity index is 2070. The first-order valence-corrected chi connectivity index (χ1v) is 19.8. The molecule has 1 amide bonds. The van der Waals surface area contributed by atoms with Crippen LogP contribution < -0.4 is 5.32 Å². The van der Waals surface area contributed by atoms with Gasteiger partial charge in [0.05, 0.1) is 29.7 Å². The molecule has 2 aliphatic rings. The average Bonchev–Trinajstić information content (AvgIpc) is 3.93. The summed E-state index contributed by atoms with van der Waals surface area (Å²) in [5.74, 6) is -1.54. The number of nitrogens with one attached hydrogen (secondary N) is 1. The summed E-state index contributed by atoms with van der Waals surface area (Å²) in [6.07, 6.45) is 6.42. The minimum absolute atomic E-state index is 0.0430. The molecule has 52 heavy (non-hydrogen) atoms. The molecule has 0 spiro atoms. The highest BCUT2D eigenvalue weighted by molar-refractivity contribution is 7.89. The number of benzene rings is 3. The standard InChI is InChI=1S/C40H42N2O8S2/c1-3-50-37(44)25-42(31-21-22-31)52(47,48)32-8-6-7-29(23-32)34(43)24-36-38(33-9-4-5-10-35(33)51-36)39(45)41-30-19-15-27(16-20-30)12-11-26-13-17-28(18-14-26)40(46)49-2/h6-8,13-20,23,31H,3-5,9-12,21-22,24-25H2,1-2H3,(H,41,45). The Morgan fingerprint density at radius 1 is 0.885 bits per heavy atom. The molecule has 272 valence electrons. The molecule has 3 aromatic carbocycles. The van der Waals surface area contributed by atoms with Crippen molar-refractivity contribution in [3.8, 4) is 0 Å². The van der Waals surface area contributed by atoms with Gasteiger partial charge in [0, 0.05) is 33.5 Å². The summed E-state index contributed by atoms with van der Waals surface area (Å²) in [5, 5.41) is 3.04.